The van der Waals surface area contributed by atoms with Gasteiger partial charge in [-0.25, -0.2) is 18.2 Å². The molecule has 0 atom stereocenters. The van der Waals surface area contributed by atoms with Crippen LogP contribution in [0.5, 0.6) is 0 Å². The average Bonchev–Trinajstić information content (AvgIpc) is 3.25. The van der Waals surface area contributed by atoms with Crippen LogP contribution in [0, 0.1) is 0 Å². The van der Waals surface area contributed by atoms with Gasteiger partial charge in [0.15, 0.2) is 5.82 Å². The van der Waals surface area contributed by atoms with Gasteiger partial charge in [-0.3, -0.25) is 15.6 Å². The molecule has 0 bridgehead atoms. The molecular weight excluding hydrogens is 424 g/mol. The molecule has 6 N–H and O–H groups in total. The highest BCUT2D eigenvalue weighted by atomic mass is 32.2. The van der Waals surface area contributed by atoms with Crippen LogP contribution in [-0.4, -0.2) is 34.1 Å². The maximum Gasteiger partial charge on any atom is 0.326 e. The Bertz CT molecular complexity index is 1170. The minimum atomic E-state index is -4.38. The highest BCUT2D eigenvalue weighted by Gasteiger charge is 2.43. The Balaban J connectivity index is 0.00000272. The smallest absolute Gasteiger partial charge is 0.326 e. The van der Waals surface area contributed by atoms with Crippen LogP contribution in [0.3, 0.4) is 0 Å². The van der Waals surface area contributed by atoms with Crippen LogP contribution >= 0.6 is 0 Å². The molecule has 31 heavy (non-hydrogen) atoms. The minimum Gasteiger partial charge on any atom is -0.748 e. The van der Waals surface area contributed by atoms with Crippen molar-refractivity contribution in [2.75, 3.05) is 10.6 Å². The Morgan fingerprint density at radius 2 is 1.74 bits per heavy atom. The lowest BCUT2D eigenvalue weighted by atomic mass is 10.1. The van der Waals surface area contributed by atoms with Crippen LogP contribution < -0.4 is 16.8 Å². The molecule has 1 saturated carbocycles. The van der Waals surface area contributed by atoms with E-state index in [0.29, 0.717) is 22.8 Å². The van der Waals surface area contributed by atoms with Gasteiger partial charge in [-0.1, -0.05) is 18.1 Å². The molecule has 0 spiro atoms. The van der Waals surface area contributed by atoms with Crippen molar-refractivity contribution in [3.63, 3.8) is 0 Å². The quantitative estimate of drug-likeness (QED) is 0.481. The molecule has 1 aliphatic carbocycles. The number of pyridine rings is 2. The van der Waals surface area contributed by atoms with E-state index in [1.807, 2.05) is 0 Å². The second-order valence-electron chi connectivity index (χ2n) is 7.39. The fourth-order valence-corrected chi connectivity index (χ4v) is 3.35. The van der Waals surface area contributed by atoms with Crippen molar-refractivity contribution in [2.45, 2.75) is 30.9 Å². The molecule has 0 aliphatic heterocycles. The van der Waals surface area contributed by atoms with Crippen LogP contribution in [0.15, 0.2) is 47.2 Å². The van der Waals surface area contributed by atoms with Gasteiger partial charge in [0.2, 0.25) is 0 Å². The number of carbonyl (C=O) groups is 1. The lowest BCUT2D eigenvalue weighted by Crippen LogP contribution is -2.20. The second-order valence-corrected chi connectivity index (χ2v) is 8.79. The van der Waals surface area contributed by atoms with Crippen LogP contribution in [0.2, 0.25) is 0 Å². The van der Waals surface area contributed by atoms with E-state index in [-0.39, 0.29) is 17.3 Å². The summed E-state index contributed by atoms with van der Waals surface area (Å²) in [6.07, 6.45) is 5.08. The van der Waals surface area contributed by atoms with Gasteiger partial charge >= 0.3 is 6.03 Å². The third kappa shape index (κ3) is 5.63. The predicted molar refractivity (Wildman–Crippen MR) is 113 cm³/mol. The first-order chi connectivity index (χ1) is 14.2. The summed E-state index contributed by atoms with van der Waals surface area (Å²) in [4.78, 5) is 20.3. The summed E-state index contributed by atoms with van der Waals surface area (Å²) in [6.45, 7) is 2.08. The van der Waals surface area contributed by atoms with Gasteiger partial charge in [-0.15, -0.1) is 0 Å². The van der Waals surface area contributed by atoms with E-state index in [2.05, 4.69) is 32.7 Å². The molecule has 3 aromatic heterocycles. The Kier molecular flexibility index (Phi) is 6.06. The van der Waals surface area contributed by atoms with Crippen molar-refractivity contribution in [3.05, 3.63) is 54.2 Å². The number of urea groups is 1. The molecule has 0 unspecified atom stereocenters. The van der Waals surface area contributed by atoms with E-state index in [1.165, 1.54) is 12.3 Å². The van der Waals surface area contributed by atoms with E-state index in [9.17, 15) is 17.8 Å². The third-order valence-corrected chi connectivity index (χ3v) is 5.48. The summed E-state index contributed by atoms with van der Waals surface area (Å²) in [5, 5.41) is 9.07. The molecule has 3 heterocycles. The number of hydrogen-bond donors (Lipinski definition) is 3. The first-order valence-electron chi connectivity index (χ1n) is 9.10. The number of aromatic nitrogens is 3. The van der Waals surface area contributed by atoms with Gasteiger partial charge in [-0.2, -0.15) is 0 Å². The molecule has 4 rings (SSSR count). The number of anilines is 2. The standard InChI is InChI=1S/C19H19N5O5S.H3N/c1-19(6-7-19)15-8-17(24-29-15)23-18(25)22-16-5-3-13(10-21-16)12-2-4-14(20-9-12)11-30(26,27)28;/h2-5,8-10H,6-7,11H2,1H3,(H,26,27,28)(H2,21,22,23,24,25);1H3. The van der Waals surface area contributed by atoms with Crippen molar-refractivity contribution >= 4 is 27.8 Å². The summed E-state index contributed by atoms with van der Waals surface area (Å²) in [7, 11) is -4.38. The third-order valence-electron chi connectivity index (χ3n) is 4.83. The van der Waals surface area contributed by atoms with E-state index in [0.717, 1.165) is 18.6 Å². The van der Waals surface area contributed by atoms with Crippen LogP contribution in [0.1, 0.15) is 31.2 Å². The molecule has 3 aromatic rings. The normalized spacial score (nSPS) is 14.4. The number of rotatable bonds is 6. The zero-order valence-electron chi connectivity index (χ0n) is 17.0. The highest BCUT2D eigenvalue weighted by molar-refractivity contribution is 7.84. The summed E-state index contributed by atoms with van der Waals surface area (Å²) >= 11 is 0. The lowest BCUT2D eigenvalue weighted by molar-refractivity contribution is 0.261. The summed E-state index contributed by atoms with van der Waals surface area (Å²) in [6, 6.07) is 7.68. The van der Waals surface area contributed by atoms with Crippen molar-refractivity contribution in [1.82, 2.24) is 21.3 Å². The van der Waals surface area contributed by atoms with Crippen LogP contribution in [0.25, 0.3) is 11.1 Å². The molecule has 12 heteroatoms. The zero-order valence-corrected chi connectivity index (χ0v) is 17.8. The van der Waals surface area contributed by atoms with Gasteiger partial charge in [0, 0.05) is 35.0 Å². The highest BCUT2D eigenvalue weighted by Crippen LogP contribution is 2.48. The molecule has 0 aromatic carbocycles. The van der Waals surface area contributed by atoms with Crippen molar-refractivity contribution < 1.29 is 22.3 Å². The first kappa shape index (κ1) is 22.3. The SMILES string of the molecule is CC1(c2cc(NC(=O)Nc3ccc(-c4ccc(CS(=O)(=O)[O-])nc4)cn3)no2)CC1.[NH4+]. The largest absolute Gasteiger partial charge is 0.748 e. The van der Waals surface area contributed by atoms with Gasteiger partial charge in [0.05, 0.1) is 11.4 Å². The van der Waals surface area contributed by atoms with Gasteiger partial charge in [0.1, 0.15) is 21.7 Å². The minimum absolute atomic E-state index is 0. The number of quaternary nitrogens is 1. The number of amides is 2. The van der Waals surface area contributed by atoms with Crippen LogP contribution in [-0.2, 0) is 21.3 Å². The Morgan fingerprint density at radius 1 is 1.10 bits per heavy atom. The van der Waals surface area contributed by atoms with Crippen molar-refractivity contribution in [3.8, 4) is 11.1 Å². The monoisotopic (exact) mass is 446 g/mol. The maximum atomic E-state index is 12.1. The zero-order chi connectivity index (χ0) is 21.4. The van der Waals surface area contributed by atoms with Gasteiger partial charge < -0.3 is 15.2 Å². The topological polar surface area (TPSA) is 187 Å². The Morgan fingerprint density at radius 3 is 2.29 bits per heavy atom. The molecule has 0 saturated heterocycles. The molecule has 164 valence electrons. The summed E-state index contributed by atoms with van der Waals surface area (Å²) in [5.74, 6) is 0.762. The number of nitrogens with one attached hydrogen (secondary N) is 2. The maximum absolute atomic E-state index is 12.1. The number of hydrogen-bond acceptors (Lipinski definition) is 8. The first-order valence-corrected chi connectivity index (χ1v) is 10.7. The Labute approximate surface area is 178 Å². The second kappa shape index (κ2) is 8.41. The van der Waals surface area contributed by atoms with Crippen LogP contribution in [0.4, 0.5) is 16.4 Å². The lowest BCUT2D eigenvalue weighted by Gasteiger charge is -2.08. The van der Waals surface area contributed by atoms with E-state index < -0.39 is 21.9 Å². The summed E-state index contributed by atoms with van der Waals surface area (Å²) in [5.41, 5.74) is 1.60. The fourth-order valence-electron chi connectivity index (χ4n) is 2.82. The van der Waals surface area contributed by atoms with E-state index in [1.54, 1.807) is 30.5 Å². The van der Waals surface area contributed by atoms with E-state index >= 15 is 0 Å². The fraction of sp³-hybridized carbons (Fsp3) is 0.263. The number of carbonyl (C=O) groups excluding carboxylic acids is 1. The molecule has 0 radical (unpaired) electrons. The average molecular weight is 446 g/mol. The van der Waals surface area contributed by atoms with Gasteiger partial charge in [-0.05, 0) is 31.0 Å². The van der Waals surface area contributed by atoms with E-state index in [4.69, 9.17) is 4.52 Å². The van der Waals surface area contributed by atoms with Crippen molar-refractivity contribution in [2.24, 2.45) is 0 Å². The van der Waals surface area contributed by atoms with Gasteiger partial charge in [0.25, 0.3) is 0 Å². The molecule has 2 amide bonds. The molecular formula is C19H22N6O5S. The summed E-state index contributed by atoms with van der Waals surface area (Å²) < 4.78 is 37.6. The molecule has 11 nitrogen and oxygen atoms in total. The predicted octanol–water partition coefficient (Wildman–Crippen LogP) is 3.25. The molecule has 1 aliphatic rings. The molecule has 1 fully saturated rings. The van der Waals surface area contributed by atoms with Crippen molar-refractivity contribution in [1.29, 1.82) is 0 Å². The number of nitrogens with zero attached hydrogens (tertiary/aromatic N) is 3. The Hall–Kier alpha value is -3.35.